The molecular weight excluding hydrogens is 503 g/mol. The van der Waals surface area contributed by atoms with Crippen molar-refractivity contribution < 1.29 is 35.1 Å². The Hall–Kier alpha value is -3.52. The molecule has 0 radical (unpaired) electrons. The van der Waals surface area contributed by atoms with Gasteiger partial charge in [-0.1, -0.05) is 0 Å². The zero-order chi connectivity index (χ0) is 24.7. The molecule has 1 N–H and O–H groups in total. The van der Waals surface area contributed by atoms with Crippen LogP contribution in [0.25, 0.3) is 11.3 Å². The van der Waals surface area contributed by atoms with Crippen molar-refractivity contribution in [2.45, 2.75) is 11.1 Å². The van der Waals surface area contributed by atoms with E-state index in [2.05, 4.69) is 10.1 Å². The van der Waals surface area contributed by atoms with Gasteiger partial charge in [0.1, 0.15) is 16.5 Å². The van der Waals surface area contributed by atoms with Crippen molar-refractivity contribution >= 4 is 26.5 Å². The number of nitrogens with one attached hydrogen (secondary N) is 1. The summed E-state index contributed by atoms with van der Waals surface area (Å²) in [5.74, 6) is -2.95. The Kier molecular flexibility index (Phi) is 6.03. The third-order valence-corrected chi connectivity index (χ3v) is 6.65. The van der Waals surface area contributed by atoms with E-state index in [1.165, 1.54) is 42.9 Å². The van der Waals surface area contributed by atoms with E-state index in [0.29, 0.717) is 17.7 Å². The van der Waals surface area contributed by atoms with E-state index < -0.39 is 44.2 Å². The monoisotopic (exact) mass is 516 g/mol. The first kappa shape index (κ1) is 23.6. The van der Waals surface area contributed by atoms with Crippen LogP contribution in [0, 0.1) is 11.6 Å². The van der Waals surface area contributed by atoms with Gasteiger partial charge in [-0.25, -0.2) is 22.2 Å². The molecule has 7 nitrogen and oxygen atoms in total. The smallest absolute Gasteiger partial charge is 0.435 e. The van der Waals surface area contributed by atoms with E-state index in [-0.39, 0.29) is 16.6 Å². The molecule has 0 atom stereocenters. The van der Waals surface area contributed by atoms with Crippen LogP contribution in [0.4, 0.5) is 27.1 Å². The van der Waals surface area contributed by atoms with Gasteiger partial charge < -0.3 is 4.74 Å². The molecular formula is C20H13F5N4O3S2. The van der Waals surface area contributed by atoms with Crippen LogP contribution >= 0.6 is 11.3 Å². The topological polar surface area (TPSA) is 86.1 Å². The second-order valence-corrected chi connectivity index (χ2v) is 9.36. The van der Waals surface area contributed by atoms with Gasteiger partial charge in [-0.05, 0) is 30.3 Å². The normalized spacial score (nSPS) is 12.1. The third-order valence-electron chi connectivity index (χ3n) is 4.48. The average Bonchev–Trinajstić information content (AvgIpc) is 3.40. The number of hydrogen-bond acceptors (Lipinski definition) is 6. The van der Waals surface area contributed by atoms with E-state index in [1.807, 2.05) is 4.72 Å². The van der Waals surface area contributed by atoms with Gasteiger partial charge in [0.15, 0.2) is 22.4 Å². The van der Waals surface area contributed by atoms with Crippen LogP contribution in [-0.4, -0.2) is 23.2 Å². The number of sulfonamides is 1. The summed E-state index contributed by atoms with van der Waals surface area (Å²) in [5.41, 5.74) is -0.500. The number of anilines is 1. The van der Waals surface area contributed by atoms with Crippen LogP contribution in [0.15, 0.2) is 58.9 Å². The Morgan fingerprint density at radius 1 is 1.06 bits per heavy atom. The number of alkyl halides is 3. The van der Waals surface area contributed by atoms with Gasteiger partial charge in [0, 0.05) is 36.3 Å². The lowest BCUT2D eigenvalue weighted by molar-refractivity contribution is -0.141. The van der Waals surface area contributed by atoms with Crippen molar-refractivity contribution in [1.29, 1.82) is 0 Å². The summed E-state index contributed by atoms with van der Waals surface area (Å²) < 4.78 is 101. The molecule has 0 saturated carbocycles. The van der Waals surface area contributed by atoms with Gasteiger partial charge in [0.05, 0.1) is 5.69 Å². The molecule has 0 spiro atoms. The fraction of sp³-hybridized carbons (Fsp3) is 0.100. The number of aromatic nitrogens is 3. The van der Waals surface area contributed by atoms with Crippen LogP contribution in [0.2, 0.25) is 0 Å². The number of nitrogens with zero attached hydrogens (tertiary/aromatic N) is 3. The number of ether oxygens (including phenoxy) is 1. The van der Waals surface area contributed by atoms with Crippen LogP contribution in [0.3, 0.4) is 0 Å². The fourth-order valence-electron chi connectivity index (χ4n) is 2.93. The molecule has 0 bridgehead atoms. The minimum atomic E-state index is -4.60. The van der Waals surface area contributed by atoms with Gasteiger partial charge >= 0.3 is 6.18 Å². The first-order valence-corrected chi connectivity index (χ1v) is 11.6. The van der Waals surface area contributed by atoms with Crippen molar-refractivity contribution in [3.05, 3.63) is 71.4 Å². The standard InChI is InChI=1S/C20H13F5N4O3S2/c1-29-15(10-18(27-29)20(23,24)25)11-2-4-12(5-3-11)32-16-8-14(22)17(9-13(16)21)34(30,31)28-19-26-6-7-33-19/h2-10H,1H3,(H,26,28). The van der Waals surface area contributed by atoms with E-state index in [4.69, 9.17) is 4.74 Å². The molecule has 0 aliphatic carbocycles. The second kappa shape index (κ2) is 8.68. The Morgan fingerprint density at radius 2 is 1.76 bits per heavy atom. The maximum absolute atomic E-state index is 14.5. The lowest BCUT2D eigenvalue weighted by Crippen LogP contribution is -2.15. The van der Waals surface area contributed by atoms with Crippen molar-refractivity contribution in [3.63, 3.8) is 0 Å². The SMILES string of the molecule is Cn1nc(C(F)(F)F)cc1-c1ccc(Oc2cc(F)c(S(=O)(=O)Nc3nccs3)cc2F)cc1. The number of aryl methyl sites for hydroxylation is 1. The Balaban J connectivity index is 1.56. The molecule has 2 heterocycles. The van der Waals surface area contributed by atoms with E-state index in [9.17, 15) is 30.4 Å². The largest absolute Gasteiger partial charge is 0.454 e. The van der Waals surface area contributed by atoms with Gasteiger partial charge in [-0.2, -0.15) is 18.3 Å². The van der Waals surface area contributed by atoms with Crippen LogP contribution in [0.5, 0.6) is 11.5 Å². The highest BCUT2D eigenvalue weighted by molar-refractivity contribution is 7.93. The second-order valence-electron chi connectivity index (χ2n) is 6.82. The number of rotatable bonds is 6. The van der Waals surface area contributed by atoms with Crippen molar-refractivity contribution in [2.75, 3.05) is 4.72 Å². The van der Waals surface area contributed by atoms with Crippen molar-refractivity contribution in [1.82, 2.24) is 14.8 Å². The summed E-state index contributed by atoms with van der Waals surface area (Å²) in [5, 5.41) is 4.92. The van der Waals surface area contributed by atoms with Crippen molar-refractivity contribution in [2.24, 2.45) is 7.05 Å². The van der Waals surface area contributed by atoms with Gasteiger partial charge in [-0.3, -0.25) is 9.40 Å². The van der Waals surface area contributed by atoms with Crippen LogP contribution in [0.1, 0.15) is 5.69 Å². The summed E-state index contributed by atoms with van der Waals surface area (Å²) in [6.45, 7) is 0. The molecule has 2 aromatic carbocycles. The Morgan fingerprint density at radius 3 is 2.35 bits per heavy atom. The minimum absolute atomic E-state index is 0.0176. The first-order chi connectivity index (χ1) is 15.9. The van der Waals surface area contributed by atoms with Crippen molar-refractivity contribution in [3.8, 4) is 22.8 Å². The lowest BCUT2D eigenvalue weighted by Gasteiger charge is -2.11. The fourth-order valence-corrected chi connectivity index (χ4v) is 4.80. The highest BCUT2D eigenvalue weighted by atomic mass is 32.2. The molecule has 0 aliphatic rings. The highest BCUT2D eigenvalue weighted by Gasteiger charge is 2.34. The number of hydrogen-bond donors (Lipinski definition) is 1. The molecule has 0 amide bonds. The lowest BCUT2D eigenvalue weighted by atomic mass is 10.1. The molecule has 0 aliphatic heterocycles. The van der Waals surface area contributed by atoms with E-state index in [0.717, 1.165) is 22.1 Å². The molecule has 14 heteroatoms. The molecule has 4 aromatic rings. The number of halogens is 5. The zero-order valence-electron chi connectivity index (χ0n) is 17.0. The minimum Gasteiger partial charge on any atom is -0.454 e. The molecule has 2 aromatic heterocycles. The molecule has 0 unspecified atom stereocenters. The van der Waals surface area contributed by atoms with Gasteiger partial charge in [0.2, 0.25) is 0 Å². The third kappa shape index (κ3) is 4.87. The molecule has 0 saturated heterocycles. The molecule has 0 fully saturated rings. The van der Waals surface area contributed by atoms with Gasteiger partial charge in [-0.15, -0.1) is 11.3 Å². The predicted octanol–water partition coefficient (Wildman–Crippen LogP) is 5.43. The number of thiazole rings is 1. The van der Waals surface area contributed by atoms with E-state index in [1.54, 1.807) is 0 Å². The maximum atomic E-state index is 14.5. The molecule has 4 rings (SSSR count). The zero-order valence-corrected chi connectivity index (χ0v) is 18.6. The van der Waals surface area contributed by atoms with Crippen LogP contribution in [-0.2, 0) is 23.2 Å². The highest BCUT2D eigenvalue weighted by Crippen LogP contribution is 2.33. The summed E-state index contributed by atoms with van der Waals surface area (Å²) in [4.78, 5) is 2.80. The predicted molar refractivity (Wildman–Crippen MR) is 113 cm³/mol. The quantitative estimate of drug-likeness (QED) is 0.345. The Bertz CT molecular complexity index is 1430. The van der Waals surface area contributed by atoms with Crippen LogP contribution < -0.4 is 9.46 Å². The average molecular weight is 516 g/mol. The molecule has 34 heavy (non-hydrogen) atoms. The van der Waals surface area contributed by atoms with Gasteiger partial charge in [0.25, 0.3) is 10.0 Å². The summed E-state index contributed by atoms with van der Waals surface area (Å²) in [6, 6.07) is 7.43. The Labute approximate surface area is 193 Å². The van der Waals surface area contributed by atoms with E-state index >= 15 is 0 Å². The number of benzene rings is 2. The molecule has 178 valence electrons. The summed E-state index contributed by atoms with van der Waals surface area (Å²) in [6.07, 6.45) is -3.26. The summed E-state index contributed by atoms with van der Waals surface area (Å²) >= 11 is 0.959. The summed E-state index contributed by atoms with van der Waals surface area (Å²) in [7, 11) is -3.08. The maximum Gasteiger partial charge on any atom is 0.435 e. The first-order valence-electron chi connectivity index (χ1n) is 9.25.